The minimum atomic E-state index is -0.00453. The van der Waals surface area contributed by atoms with Crippen molar-refractivity contribution in [3.8, 4) is 0 Å². The number of nitrogens with zero attached hydrogens (tertiary/aromatic N) is 3. The van der Waals surface area contributed by atoms with Gasteiger partial charge in [-0.25, -0.2) is 0 Å². The van der Waals surface area contributed by atoms with Gasteiger partial charge in [0.05, 0.1) is 5.52 Å². The van der Waals surface area contributed by atoms with Crippen LogP contribution in [0.25, 0.3) is 11.0 Å². The average Bonchev–Trinajstić information content (AvgIpc) is 2.72. The maximum Gasteiger partial charge on any atom is 0.251 e. The Kier molecular flexibility index (Phi) is 2.99. The summed E-state index contributed by atoms with van der Waals surface area (Å²) in [5.74, 6) is 0.0191. The number of carbonyl (C=O) groups excluding carboxylic acids is 1. The van der Waals surface area contributed by atoms with Crippen LogP contribution in [0, 0.1) is 5.92 Å². The zero-order chi connectivity index (χ0) is 11.5. The Morgan fingerprint density at radius 3 is 2.94 bits per heavy atom. The molecule has 0 saturated heterocycles. The van der Waals surface area contributed by atoms with Gasteiger partial charge in [0.1, 0.15) is 5.52 Å². The second kappa shape index (κ2) is 4.43. The van der Waals surface area contributed by atoms with Gasteiger partial charge >= 0.3 is 0 Å². The molecule has 0 N–H and O–H groups in total. The Morgan fingerprint density at radius 1 is 1.44 bits per heavy atom. The van der Waals surface area contributed by atoms with E-state index in [1.807, 2.05) is 31.2 Å². The minimum absolute atomic E-state index is 0.00453. The fourth-order valence-electron chi connectivity index (χ4n) is 1.80. The van der Waals surface area contributed by atoms with Gasteiger partial charge in [-0.1, -0.05) is 37.6 Å². The van der Waals surface area contributed by atoms with Gasteiger partial charge in [-0.15, -0.1) is 5.10 Å². The van der Waals surface area contributed by atoms with E-state index in [1.54, 1.807) is 0 Å². The van der Waals surface area contributed by atoms with E-state index >= 15 is 0 Å². The van der Waals surface area contributed by atoms with Gasteiger partial charge in [0, 0.05) is 5.92 Å². The fourth-order valence-corrected chi connectivity index (χ4v) is 1.80. The molecule has 4 nitrogen and oxygen atoms in total. The monoisotopic (exact) mass is 217 g/mol. The molecule has 0 unspecified atom stereocenters. The number of rotatable bonds is 3. The Morgan fingerprint density at radius 2 is 2.19 bits per heavy atom. The van der Waals surface area contributed by atoms with Gasteiger partial charge in [-0.05, 0) is 18.6 Å². The third kappa shape index (κ3) is 1.83. The number of benzene rings is 1. The largest absolute Gasteiger partial charge is 0.272 e. The standard InChI is InChI=1S/C12H15N3O/c1-3-6-9(2)12(16)15-11-8-5-4-7-10(11)13-14-15/h4-5,7-9H,3,6H2,1-2H3/t9-/m1/s1. The molecule has 1 aromatic carbocycles. The molecule has 1 aromatic heterocycles. The maximum absolute atomic E-state index is 12.1. The van der Waals surface area contributed by atoms with Crippen LogP contribution in [-0.4, -0.2) is 20.9 Å². The predicted octanol–water partition coefficient (Wildman–Crippen LogP) is 2.51. The van der Waals surface area contributed by atoms with Crippen LogP contribution in [0.2, 0.25) is 0 Å². The summed E-state index contributed by atoms with van der Waals surface area (Å²) in [6.07, 6.45) is 1.88. The number of carbonyl (C=O) groups is 1. The molecule has 0 aliphatic carbocycles. The second-order valence-electron chi connectivity index (χ2n) is 4.02. The number of fused-ring (bicyclic) bond motifs is 1. The van der Waals surface area contributed by atoms with E-state index in [1.165, 1.54) is 4.68 Å². The molecule has 0 saturated carbocycles. The highest BCUT2D eigenvalue weighted by Crippen LogP contribution is 2.14. The van der Waals surface area contributed by atoms with Gasteiger partial charge in [0.25, 0.3) is 5.91 Å². The van der Waals surface area contributed by atoms with E-state index in [0.717, 1.165) is 23.9 Å². The van der Waals surface area contributed by atoms with Crippen LogP contribution >= 0.6 is 0 Å². The lowest BCUT2D eigenvalue weighted by Crippen LogP contribution is -2.20. The molecule has 1 heterocycles. The van der Waals surface area contributed by atoms with Gasteiger partial charge < -0.3 is 0 Å². The van der Waals surface area contributed by atoms with Crippen molar-refractivity contribution in [1.29, 1.82) is 0 Å². The van der Waals surface area contributed by atoms with Gasteiger partial charge in [-0.2, -0.15) is 4.68 Å². The van der Waals surface area contributed by atoms with Crippen molar-refractivity contribution >= 4 is 16.9 Å². The first-order chi connectivity index (χ1) is 7.74. The highest BCUT2D eigenvalue weighted by atomic mass is 16.2. The Labute approximate surface area is 94.3 Å². The summed E-state index contributed by atoms with van der Waals surface area (Å²) >= 11 is 0. The normalized spacial score (nSPS) is 12.9. The molecule has 0 bridgehead atoms. The molecule has 0 aliphatic heterocycles. The summed E-state index contributed by atoms with van der Waals surface area (Å²) in [5.41, 5.74) is 1.55. The number of hydrogen-bond donors (Lipinski definition) is 0. The van der Waals surface area contributed by atoms with E-state index in [9.17, 15) is 4.79 Å². The lowest BCUT2D eigenvalue weighted by molar-refractivity contribution is 0.0824. The molecule has 2 rings (SSSR count). The number of para-hydroxylation sites is 1. The topological polar surface area (TPSA) is 47.8 Å². The van der Waals surface area contributed by atoms with Gasteiger partial charge in [-0.3, -0.25) is 4.79 Å². The summed E-state index contributed by atoms with van der Waals surface area (Å²) in [4.78, 5) is 12.1. The smallest absolute Gasteiger partial charge is 0.251 e. The van der Waals surface area contributed by atoms with Crippen molar-refractivity contribution in [2.45, 2.75) is 26.7 Å². The number of aromatic nitrogens is 3. The molecule has 0 radical (unpaired) electrons. The van der Waals surface area contributed by atoms with Crippen LogP contribution in [0.5, 0.6) is 0 Å². The van der Waals surface area contributed by atoms with Crippen LogP contribution in [-0.2, 0) is 0 Å². The molecular weight excluding hydrogens is 202 g/mol. The van der Waals surface area contributed by atoms with E-state index < -0.39 is 0 Å². The van der Waals surface area contributed by atoms with Crippen LogP contribution < -0.4 is 0 Å². The summed E-state index contributed by atoms with van der Waals surface area (Å²) < 4.78 is 1.41. The third-order valence-corrected chi connectivity index (χ3v) is 2.70. The van der Waals surface area contributed by atoms with Crippen molar-refractivity contribution in [2.24, 2.45) is 5.92 Å². The highest BCUT2D eigenvalue weighted by molar-refractivity contribution is 5.89. The first kappa shape index (κ1) is 10.8. The first-order valence-corrected chi connectivity index (χ1v) is 5.58. The van der Waals surface area contributed by atoms with Gasteiger partial charge in [0.15, 0.2) is 0 Å². The molecule has 0 spiro atoms. The van der Waals surface area contributed by atoms with Gasteiger partial charge in [0.2, 0.25) is 0 Å². The Balaban J connectivity index is 2.36. The van der Waals surface area contributed by atoms with E-state index in [4.69, 9.17) is 0 Å². The first-order valence-electron chi connectivity index (χ1n) is 5.58. The highest BCUT2D eigenvalue weighted by Gasteiger charge is 2.17. The van der Waals surface area contributed by atoms with Crippen LogP contribution in [0.1, 0.15) is 31.5 Å². The molecule has 16 heavy (non-hydrogen) atoms. The molecule has 84 valence electrons. The number of hydrogen-bond acceptors (Lipinski definition) is 3. The molecule has 4 heteroatoms. The van der Waals surface area contributed by atoms with Crippen molar-refractivity contribution in [1.82, 2.24) is 15.0 Å². The molecule has 1 atom stereocenters. The van der Waals surface area contributed by atoms with E-state index in [-0.39, 0.29) is 11.8 Å². The molecule has 0 aliphatic rings. The Bertz CT molecular complexity index is 504. The van der Waals surface area contributed by atoms with Crippen LogP contribution in [0.4, 0.5) is 0 Å². The molecule has 0 fully saturated rings. The van der Waals surface area contributed by atoms with Crippen molar-refractivity contribution in [3.05, 3.63) is 24.3 Å². The molecule has 0 amide bonds. The summed E-state index contributed by atoms with van der Waals surface area (Å²) in [7, 11) is 0. The zero-order valence-electron chi connectivity index (χ0n) is 9.55. The Hall–Kier alpha value is -1.71. The summed E-state index contributed by atoms with van der Waals surface area (Å²) in [6, 6.07) is 7.50. The van der Waals surface area contributed by atoms with Crippen molar-refractivity contribution in [2.75, 3.05) is 0 Å². The van der Waals surface area contributed by atoms with E-state index in [0.29, 0.717) is 0 Å². The zero-order valence-corrected chi connectivity index (χ0v) is 9.55. The average molecular weight is 217 g/mol. The fraction of sp³-hybridized carbons (Fsp3) is 0.417. The summed E-state index contributed by atoms with van der Waals surface area (Å²) in [6.45, 7) is 4.01. The van der Waals surface area contributed by atoms with Crippen LogP contribution in [0.3, 0.4) is 0 Å². The van der Waals surface area contributed by atoms with Crippen molar-refractivity contribution in [3.63, 3.8) is 0 Å². The maximum atomic E-state index is 12.1. The molecular formula is C12H15N3O. The lowest BCUT2D eigenvalue weighted by atomic mass is 10.1. The molecule has 2 aromatic rings. The lowest BCUT2D eigenvalue weighted by Gasteiger charge is -2.08. The van der Waals surface area contributed by atoms with Crippen LogP contribution in [0.15, 0.2) is 24.3 Å². The quantitative estimate of drug-likeness (QED) is 0.793. The van der Waals surface area contributed by atoms with Crippen molar-refractivity contribution < 1.29 is 4.79 Å². The summed E-state index contributed by atoms with van der Waals surface area (Å²) in [5, 5.41) is 7.89. The SMILES string of the molecule is CCC[C@@H](C)C(=O)n1nnc2ccccc21. The predicted molar refractivity (Wildman–Crippen MR) is 62.2 cm³/mol. The minimum Gasteiger partial charge on any atom is -0.272 e. The second-order valence-corrected chi connectivity index (χ2v) is 4.02. The third-order valence-electron chi connectivity index (χ3n) is 2.70. The van der Waals surface area contributed by atoms with E-state index in [2.05, 4.69) is 17.2 Å².